The van der Waals surface area contributed by atoms with Crippen LogP contribution in [0.15, 0.2) is 54.6 Å². The van der Waals surface area contributed by atoms with E-state index < -0.39 is 5.41 Å². The fourth-order valence-corrected chi connectivity index (χ4v) is 4.68. The lowest BCUT2D eigenvalue weighted by Gasteiger charge is -2.24. The number of likely N-dealkylation sites (tertiary alicyclic amines) is 1. The molecule has 2 aliphatic heterocycles. The molecule has 0 bridgehead atoms. The zero-order valence-electron chi connectivity index (χ0n) is 16.5. The molecule has 2 aromatic rings. The Morgan fingerprint density at radius 3 is 2.62 bits per heavy atom. The number of amides is 2. The maximum atomic E-state index is 13.5. The highest BCUT2D eigenvalue weighted by molar-refractivity contribution is 6.09. The van der Waals surface area contributed by atoms with E-state index in [4.69, 9.17) is 4.74 Å². The van der Waals surface area contributed by atoms with E-state index in [2.05, 4.69) is 12.1 Å². The van der Waals surface area contributed by atoms with Crippen molar-refractivity contribution in [1.82, 2.24) is 4.90 Å². The Hall–Kier alpha value is -2.66. The van der Waals surface area contributed by atoms with Crippen molar-refractivity contribution in [3.63, 3.8) is 0 Å². The maximum Gasteiger partial charge on any atom is 0.248 e. The molecule has 2 fully saturated rings. The second-order valence-corrected chi connectivity index (χ2v) is 8.50. The van der Waals surface area contributed by atoms with E-state index in [0.29, 0.717) is 32.0 Å². The SMILES string of the molecule is O=C(COCc1ccccc1)N1CCC2(C1)C(=O)N(CC1CC1)c1ccccc12. The van der Waals surface area contributed by atoms with Crippen LogP contribution in [0.3, 0.4) is 0 Å². The van der Waals surface area contributed by atoms with Gasteiger partial charge in [0.2, 0.25) is 11.8 Å². The Morgan fingerprint density at radius 1 is 1.07 bits per heavy atom. The van der Waals surface area contributed by atoms with E-state index in [9.17, 15) is 9.59 Å². The van der Waals surface area contributed by atoms with E-state index in [0.717, 1.165) is 23.4 Å². The van der Waals surface area contributed by atoms with Crippen molar-refractivity contribution in [2.75, 3.05) is 31.1 Å². The Morgan fingerprint density at radius 2 is 1.83 bits per heavy atom. The number of hydrogen-bond acceptors (Lipinski definition) is 3. The third-order valence-electron chi connectivity index (χ3n) is 6.46. The number of carbonyl (C=O) groups is 2. The van der Waals surface area contributed by atoms with Gasteiger partial charge in [0, 0.05) is 25.3 Å². The normalized spacial score (nSPS) is 23.1. The van der Waals surface area contributed by atoms with Crippen molar-refractivity contribution in [3.05, 3.63) is 65.7 Å². The summed E-state index contributed by atoms with van der Waals surface area (Å²) in [6, 6.07) is 18.0. The van der Waals surface area contributed by atoms with E-state index >= 15 is 0 Å². The predicted molar refractivity (Wildman–Crippen MR) is 110 cm³/mol. The van der Waals surface area contributed by atoms with Gasteiger partial charge >= 0.3 is 0 Å². The molecule has 150 valence electrons. The average molecular weight is 390 g/mol. The first-order valence-corrected chi connectivity index (χ1v) is 10.5. The highest BCUT2D eigenvalue weighted by atomic mass is 16.5. The highest BCUT2D eigenvalue weighted by Gasteiger charge is 2.55. The molecule has 2 amide bonds. The van der Waals surface area contributed by atoms with Gasteiger partial charge < -0.3 is 14.5 Å². The molecule has 0 N–H and O–H groups in total. The number of nitrogens with zero attached hydrogens (tertiary/aromatic N) is 2. The molecule has 2 heterocycles. The van der Waals surface area contributed by atoms with E-state index in [1.54, 1.807) is 4.90 Å². The summed E-state index contributed by atoms with van der Waals surface area (Å²) in [5, 5.41) is 0. The number of ether oxygens (including phenoxy) is 1. The standard InChI is InChI=1S/C24H26N2O3/c27-22(16-29-15-19-6-2-1-3-7-19)25-13-12-24(17-25)20-8-4-5-9-21(20)26(23(24)28)14-18-10-11-18/h1-9,18H,10-17H2. The number of para-hydroxylation sites is 1. The second kappa shape index (κ2) is 7.30. The Bertz CT molecular complexity index is 925. The molecule has 1 unspecified atom stereocenters. The van der Waals surface area contributed by atoms with Crippen LogP contribution in [0.4, 0.5) is 5.69 Å². The van der Waals surface area contributed by atoms with Crippen molar-refractivity contribution < 1.29 is 14.3 Å². The molecular weight excluding hydrogens is 364 g/mol. The van der Waals surface area contributed by atoms with Gasteiger partial charge in [-0.25, -0.2) is 0 Å². The monoisotopic (exact) mass is 390 g/mol. The fourth-order valence-electron chi connectivity index (χ4n) is 4.68. The lowest BCUT2D eigenvalue weighted by atomic mass is 9.81. The summed E-state index contributed by atoms with van der Waals surface area (Å²) >= 11 is 0. The molecule has 1 atom stereocenters. The molecule has 1 saturated heterocycles. The van der Waals surface area contributed by atoms with Gasteiger partial charge in [-0.05, 0) is 42.4 Å². The van der Waals surface area contributed by atoms with E-state index in [-0.39, 0.29) is 18.4 Å². The van der Waals surface area contributed by atoms with Crippen molar-refractivity contribution >= 4 is 17.5 Å². The maximum absolute atomic E-state index is 13.5. The molecule has 5 rings (SSSR count). The minimum atomic E-state index is -0.583. The Labute approximate surface area is 171 Å². The van der Waals surface area contributed by atoms with Crippen LogP contribution in [-0.2, 0) is 26.3 Å². The van der Waals surface area contributed by atoms with E-state index in [1.165, 1.54) is 12.8 Å². The minimum Gasteiger partial charge on any atom is -0.367 e. The third-order valence-corrected chi connectivity index (χ3v) is 6.46. The zero-order valence-corrected chi connectivity index (χ0v) is 16.5. The molecule has 1 spiro atoms. The smallest absolute Gasteiger partial charge is 0.248 e. The summed E-state index contributed by atoms with van der Waals surface area (Å²) in [7, 11) is 0. The van der Waals surface area contributed by atoms with Gasteiger partial charge in [0.25, 0.3) is 0 Å². The highest BCUT2D eigenvalue weighted by Crippen LogP contribution is 2.48. The second-order valence-electron chi connectivity index (χ2n) is 8.50. The van der Waals surface area contributed by atoms with Gasteiger partial charge in [-0.2, -0.15) is 0 Å². The fraction of sp³-hybridized carbons (Fsp3) is 0.417. The van der Waals surface area contributed by atoms with Gasteiger partial charge in [-0.15, -0.1) is 0 Å². The lowest BCUT2D eigenvalue weighted by molar-refractivity contribution is -0.135. The molecule has 5 heteroatoms. The number of carbonyl (C=O) groups excluding carboxylic acids is 2. The molecule has 29 heavy (non-hydrogen) atoms. The molecule has 2 aromatic carbocycles. The van der Waals surface area contributed by atoms with Crippen LogP contribution >= 0.6 is 0 Å². The van der Waals surface area contributed by atoms with Crippen molar-refractivity contribution in [2.45, 2.75) is 31.3 Å². The lowest BCUT2D eigenvalue weighted by Crippen LogP contribution is -2.44. The van der Waals surface area contributed by atoms with Gasteiger partial charge in [-0.3, -0.25) is 9.59 Å². The summed E-state index contributed by atoms with van der Waals surface area (Å²) in [6.45, 7) is 2.34. The summed E-state index contributed by atoms with van der Waals surface area (Å²) in [6.07, 6.45) is 3.11. The van der Waals surface area contributed by atoms with Gasteiger partial charge in [0.1, 0.15) is 6.61 Å². The number of fused-ring (bicyclic) bond motifs is 2. The van der Waals surface area contributed by atoms with Crippen LogP contribution in [0.25, 0.3) is 0 Å². The molecule has 1 saturated carbocycles. The largest absolute Gasteiger partial charge is 0.367 e. The summed E-state index contributed by atoms with van der Waals surface area (Å²) in [5.41, 5.74) is 2.60. The van der Waals surface area contributed by atoms with Crippen LogP contribution in [0, 0.1) is 5.92 Å². The van der Waals surface area contributed by atoms with Gasteiger partial charge in [0.05, 0.1) is 12.0 Å². The minimum absolute atomic E-state index is 0.0382. The molecule has 0 radical (unpaired) electrons. The van der Waals surface area contributed by atoms with Crippen molar-refractivity contribution in [3.8, 4) is 0 Å². The van der Waals surface area contributed by atoms with Crippen LogP contribution in [-0.4, -0.2) is 43.0 Å². The number of rotatable bonds is 6. The van der Waals surface area contributed by atoms with Crippen molar-refractivity contribution in [2.24, 2.45) is 5.92 Å². The van der Waals surface area contributed by atoms with E-state index in [1.807, 2.05) is 47.4 Å². The third kappa shape index (κ3) is 3.33. The molecule has 0 aromatic heterocycles. The number of hydrogen-bond donors (Lipinski definition) is 0. The molecular formula is C24H26N2O3. The topological polar surface area (TPSA) is 49.9 Å². The first-order chi connectivity index (χ1) is 14.2. The van der Waals surface area contributed by atoms with Crippen molar-refractivity contribution in [1.29, 1.82) is 0 Å². The molecule has 1 aliphatic carbocycles. The predicted octanol–water partition coefficient (Wildman–Crippen LogP) is 3.13. The molecule has 5 nitrogen and oxygen atoms in total. The van der Waals surface area contributed by atoms with Gasteiger partial charge in [-0.1, -0.05) is 48.5 Å². The number of benzene rings is 2. The Kier molecular flexibility index (Phi) is 4.63. The summed E-state index contributed by atoms with van der Waals surface area (Å²) in [5.74, 6) is 0.766. The quantitative estimate of drug-likeness (QED) is 0.761. The first-order valence-electron chi connectivity index (χ1n) is 10.5. The van der Waals surface area contributed by atoms with Crippen LogP contribution in [0.2, 0.25) is 0 Å². The Balaban J connectivity index is 1.27. The van der Waals surface area contributed by atoms with Crippen LogP contribution < -0.4 is 4.90 Å². The summed E-state index contributed by atoms with van der Waals surface area (Å²) in [4.78, 5) is 30.0. The number of anilines is 1. The summed E-state index contributed by atoms with van der Waals surface area (Å²) < 4.78 is 5.64. The average Bonchev–Trinajstić information content (AvgIpc) is 3.41. The van der Waals surface area contributed by atoms with Gasteiger partial charge in [0.15, 0.2) is 0 Å². The zero-order chi connectivity index (χ0) is 19.8. The van der Waals surface area contributed by atoms with Crippen LogP contribution in [0.1, 0.15) is 30.4 Å². The first kappa shape index (κ1) is 18.4. The van der Waals surface area contributed by atoms with Crippen LogP contribution in [0.5, 0.6) is 0 Å². The molecule has 3 aliphatic rings.